The molecule has 1 amide bonds. The summed E-state index contributed by atoms with van der Waals surface area (Å²) in [4.78, 5) is 12.9. The SMILES string of the molecule is CCc1ccc(C(C)NC(=O)c2ccc(C)c(S(=O)(=O)Nc3ccccc3C)c2)cc1. The third-order valence-electron chi connectivity index (χ3n) is 5.36. The molecule has 0 aromatic heterocycles. The van der Waals surface area contributed by atoms with Crippen molar-refractivity contribution in [3.8, 4) is 0 Å². The third-order valence-corrected chi connectivity index (χ3v) is 6.87. The molecule has 3 aromatic rings. The van der Waals surface area contributed by atoms with Crippen molar-refractivity contribution in [2.45, 2.75) is 45.1 Å². The van der Waals surface area contributed by atoms with Crippen molar-refractivity contribution in [2.24, 2.45) is 0 Å². The molecule has 0 aliphatic rings. The van der Waals surface area contributed by atoms with Crippen molar-refractivity contribution < 1.29 is 13.2 Å². The molecule has 0 saturated heterocycles. The Morgan fingerprint density at radius 1 is 0.935 bits per heavy atom. The predicted octanol–water partition coefficient (Wildman–Crippen LogP) is 5.16. The van der Waals surface area contributed by atoms with Crippen molar-refractivity contribution in [3.05, 3.63) is 94.5 Å². The van der Waals surface area contributed by atoms with Crippen LogP contribution in [0.1, 0.15) is 52.5 Å². The van der Waals surface area contributed by atoms with E-state index in [0.29, 0.717) is 16.8 Å². The van der Waals surface area contributed by atoms with E-state index in [4.69, 9.17) is 0 Å². The lowest BCUT2D eigenvalue weighted by Crippen LogP contribution is -2.27. The minimum atomic E-state index is -3.84. The van der Waals surface area contributed by atoms with Gasteiger partial charge >= 0.3 is 0 Å². The Morgan fingerprint density at radius 3 is 2.26 bits per heavy atom. The average Bonchev–Trinajstić information content (AvgIpc) is 2.75. The fraction of sp³-hybridized carbons (Fsp3) is 0.240. The number of nitrogens with one attached hydrogen (secondary N) is 2. The number of sulfonamides is 1. The van der Waals surface area contributed by atoms with Crippen LogP contribution in [0, 0.1) is 13.8 Å². The van der Waals surface area contributed by atoms with Crippen LogP contribution in [-0.2, 0) is 16.4 Å². The molecule has 0 fully saturated rings. The molecule has 0 saturated carbocycles. The number of carbonyl (C=O) groups excluding carboxylic acids is 1. The van der Waals surface area contributed by atoms with E-state index in [0.717, 1.165) is 17.5 Å². The average molecular weight is 437 g/mol. The van der Waals surface area contributed by atoms with E-state index in [9.17, 15) is 13.2 Å². The quantitative estimate of drug-likeness (QED) is 0.537. The van der Waals surface area contributed by atoms with E-state index in [1.807, 2.05) is 50.2 Å². The number of amides is 1. The van der Waals surface area contributed by atoms with E-state index in [1.54, 1.807) is 31.2 Å². The number of aryl methyl sites for hydroxylation is 3. The zero-order valence-corrected chi connectivity index (χ0v) is 19.1. The molecule has 5 nitrogen and oxygen atoms in total. The van der Waals surface area contributed by atoms with Gasteiger partial charge in [-0.05, 0) is 67.6 Å². The first-order valence-corrected chi connectivity index (χ1v) is 11.8. The van der Waals surface area contributed by atoms with Crippen molar-refractivity contribution in [1.82, 2.24) is 5.32 Å². The topological polar surface area (TPSA) is 75.3 Å². The highest BCUT2D eigenvalue weighted by molar-refractivity contribution is 7.92. The van der Waals surface area contributed by atoms with Gasteiger partial charge in [0.05, 0.1) is 16.6 Å². The maximum atomic E-state index is 13.0. The van der Waals surface area contributed by atoms with Crippen LogP contribution < -0.4 is 10.0 Å². The van der Waals surface area contributed by atoms with Gasteiger partial charge in [0.25, 0.3) is 15.9 Å². The maximum Gasteiger partial charge on any atom is 0.262 e. The van der Waals surface area contributed by atoms with Crippen LogP contribution in [0.4, 0.5) is 5.69 Å². The molecule has 1 atom stereocenters. The normalized spacial score (nSPS) is 12.3. The van der Waals surface area contributed by atoms with Crippen molar-refractivity contribution in [2.75, 3.05) is 4.72 Å². The first-order valence-electron chi connectivity index (χ1n) is 10.3. The summed E-state index contributed by atoms with van der Waals surface area (Å²) in [5, 5.41) is 2.95. The summed E-state index contributed by atoms with van der Waals surface area (Å²) >= 11 is 0. The van der Waals surface area contributed by atoms with Crippen molar-refractivity contribution >= 4 is 21.6 Å². The molecule has 0 bridgehead atoms. The largest absolute Gasteiger partial charge is 0.346 e. The molecule has 31 heavy (non-hydrogen) atoms. The summed E-state index contributed by atoms with van der Waals surface area (Å²) in [6.07, 6.45) is 0.957. The van der Waals surface area contributed by atoms with Crippen LogP contribution in [0.2, 0.25) is 0 Å². The van der Waals surface area contributed by atoms with E-state index < -0.39 is 10.0 Å². The standard InChI is InChI=1S/C25H28N2O3S/c1-5-20-11-14-21(15-12-20)19(4)26-25(28)22-13-10-18(3)24(16-22)31(29,30)27-23-9-7-6-8-17(23)2/h6-16,19,27H,5H2,1-4H3,(H,26,28). The smallest absolute Gasteiger partial charge is 0.262 e. The fourth-order valence-electron chi connectivity index (χ4n) is 3.32. The number of hydrogen-bond acceptors (Lipinski definition) is 3. The lowest BCUT2D eigenvalue weighted by atomic mass is 10.0. The van der Waals surface area contributed by atoms with Crippen LogP contribution in [0.25, 0.3) is 0 Å². The van der Waals surface area contributed by atoms with E-state index in [2.05, 4.69) is 17.0 Å². The summed E-state index contributed by atoms with van der Waals surface area (Å²) in [5.41, 5.74) is 4.43. The second kappa shape index (κ2) is 9.35. The number of carbonyl (C=O) groups is 1. The zero-order valence-electron chi connectivity index (χ0n) is 18.3. The highest BCUT2D eigenvalue weighted by atomic mass is 32.2. The molecule has 0 aliphatic carbocycles. The Hall–Kier alpha value is -3.12. The lowest BCUT2D eigenvalue weighted by molar-refractivity contribution is 0.0939. The molecule has 2 N–H and O–H groups in total. The Bertz CT molecular complexity index is 1190. The second-order valence-electron chi connectivity index (χ2n) is 7.69. The molecule has 1 unspecified atom stereocenters. The molecule has 3 aromatic carbocycles. The summed E-state index contributed by atoms with van der Waals surface area (Å²) in [6, 6.07) is 19.8. The van der Waals surface area contributed by atoms with Crippen LogP contribution in [0.3, 0.4) is 0 Å². The van der Waals surface area contributed by atoms with Gasteiger partial charge in [0.15, 0.2) is 0 Å². The Balaban J connectivity index is 1.82. The second-order valence-corrected chi connectivity index (χ2v) is 9.34. The van der Waals surface area contributed by atoms with E-state index >= 15 is 0 Å². The Kier molecular flexibility index (Phi) is 6.81. The number of para-hydroxylation sites is 1. The summed E-state index contributed by atoms with van der Waals surface area (Å²) in [5.74, 6) is -0.320. The Morgan fingerprint density at radius 2 is 1.61 bits per heavy atom. The first kappa shape index (κ1) is 22.6. The third kappa shape index (κ3) is 5.33. The summed E-state index contributed by atoms with van der Waals surface area (Å²) < 4.78 is 28.6. The molecule has 0 radical (unpaired) electrons. The first-order chi connectivity index (χ1) is 14.7. The number of rotatable bonds is 7. The van der Waals surface area contributed by atoms with Gasteiger partial charge in [-0.3, -0.25) is 9.52 Å². The van der Waals surface area contributed by atoms with Gasteiger partial charge in [-0.1, -0.05) is 55.5 Å². The van der Waals surface area contributed by atoms with E-state index in [1.165, 1.54) is 11.6 Å². The summed E-state index contributed by atoms with van der Waals surface area (Å²) in [6.45, 7) is 7.55. The van der Waals surface area contributed by atoms with Crippen LogP contribution in [0.5, 0.6) is 0 Å². The number of hydrogen-bond donors (Lipinski definition) is 2. The summed E-state index contributed by atoms with van der Waals surface area (Å²) in [7, 11) is -3.84. The van der Waals surface area contributed by atoms with Gasteiger partial charge in [-0.15, -0.1) is 0 Å². The molecule has 6 heteroatoms. The van der Waals surface area contributed by atoms with Gasteiger partial charge in [-0.2, -0.15) is 0 Å². The van der Waals surface area contributed by atoms with Crippen LogP contribution in [0.15, 0.2) is 71.6 Å². The minimum Gasteiger partial charge on any atom is -0.346 e. The van der Waals surface area contributed by atoms with Gasteiger partial charge in [0, 0.05) is 5.56 Å². The molecule has 3 rings (SSSR count). The van der Waals surface area contributed by atoms with Crippen LogP contribution >= 0.6 is 0 Å². The zero-order chi connectivity index (χ0) is 22.6. The maximum absolute atomic E-state index is 13.0. The fourth-order valence-corrected chi connectivity index (χ4v) is 4.73. The Labute approximate surface area is 184 Å². The van der Waals surface area contributed by atoms with Crippen LogP contribution in [-0.4, -0.2) is 14.3 Å². The minimum absolute atomic E-state index is 0.0864. The molecule has 0 heterocycles. The number of benzene rings is 3. The van der Waals surface area contributed by atoms with Gasteiger partial charge < -0.3 is 5.32 Å². The highest BCUT2D eigenvalue weighted by Crippen LogP contribution is 2.23. The molecule has 0 aliphatic heterocycles. The molecular formula is C25H28N2O3S. The molecule has 0 spiro atoms. The molecular weight excluding hydrogens is 408 g/mol. The van der Waals surface area contributed by atoms with Gasteiger partial charge in [0.2, 0.25) is 0 Å². The van der Waals surface area contributed by atoms with Crippen molar-refractivity contribution in [3.63, 3.8) is 0 Å². The monoisotopic (exact) mass is 436 g/mol. The van der Waals surface area contributed by atoms with Gasteiger partial charge in [-0.25, -0.2) is 8.42 Å². The van der Waals surface area contributed by atoms with Gasteiger partial charge in [0.1, 0.15) is 0 Å². The van der Waals surface area contributed by atoms with E-state index in [-0.39, 0.29) is 16.8 Å². The molecule has 162 valence electrons. The predicted molar refractivity (Wildman–Crippen MR) is 125 cm³/mol. The number of anilines is 1. The lowest BCUT2D eigenvalue weighted by Gasteiger charge is -2.16. The highest BCUT2D eigenvalue weighted by Gasteiger charge is 2.21. The van der Waals surface area contributed by atoms with Crippen molar-refractivity contribution in [1.29, 1.82) is 0 Å².